The largest absolute Gasteiger partial charge is 0.458 e. The second-order valence-electron chi connectivity index (χ2n) is 8.39. The zero-order valence-electron chi connectivity index (χ0n) is 16.0. The molecule has 2 rings (SSSR count). The first-order chi connectivity index (χ1) is 11.7. The van der Waals surface area contributed by atoms with Gasteiger partial charge in [0.15, 0.2) is 5.60 Å². The molecule has 1 aliphatic carbocycles. The topological polar surface area (TPSA) is 55.8 Å². The average molecular weight is 348 g/mol. The highest BCUT2D eigenvalue weighted by molar-refractivity contribution is 5.80. The van der Waals surface area contributed by atoms with Gasteiger partial charge in [0, 0.05) is 6.42 Å². The van der Waals surface area contributed by atoms with Crippen LogP contribution < -0.4 is 0 Å². The molecular weight excluding hydrogens is 316 g/mol. The molecule has 0 heterocycles. The minimum atomic E-state index is -1.03. The molecule has 25 heavy (non-hydrogen) atoms. The second kappa shape index (κ2) is 8.33. The molecule has 1 aliphatic rings. The zero-order chi connectivity index (χ0) is 18.5. The first kappa shape index (κ1) is 19.9. The van der Waals surface area contributed by atoms with Crippen LogP contribution in [0.25, 0.3) is 0 Å². The van der Waals surface area contributed by atoms with Crippen LogP contribution in [0.5, 0.6) is 0 Å². The third kappa shape index (κ3) is 6.44. The fraction of sp³-hybridized carbons (Fsp3) is 0.667. The maximum Gasteiger partial charge on any atom is 0.338 e. The Labute approximate surface area is 151 Å². The molecule has 4 heteroatoms. The number of benzene rings is 1. The molecular formula is C21H32O4. The predicted molar refractivity (Wildman–Crippen MR) is 98.3 cm³/mol. The molecule has 0 amide bonds. The second-order valence-corrected chi connectivity index (χ2v) is 8.39. The van der Waals surface area contributed by atoms with E-state index in [0.29, 0.717) is 18.9 Å². The van der Waals surface area contributed by atoms with Crippen LogP contribution >= 0.6 is 0 Å². The summed E-state index contributed by atoms with van der Waals surface area (Å²) in [4.78, 5) is 12.8. The predicted octanol–water partition coefficient (Wildman–Crippen LogP) is 3.90. The lowest BCUT2D eigenvalue weighted by atomic mass is 9.87. The number of carbonyl (C=O) groups is 1. The molecule has 1 aromatic rings. The summed E-state index contributed by atoms with van der Waals surface area (Å²) >= 11 is 0. The van der Waals surface area contributed by atoms with Gasteiger partial charge in [0.05, 0.1) is 12.7 Å². The maximum atomic E-state index is 12.8. The van der Waals surface area contributed by atoms with Gasteiger partial charge in [-0.25, -0.2) is 4.79 Å². The molecule has 4 nitrogen and oxygen atoms in total. The van der Waals surface area contributed by atoms with Crippen LogP contribution in [-0.4, -0.2) is 35.0 Å². The van der Waals surface area contributed by atoms with Crippen molar-refractivity contribution in [2.45, 2.75) is 77.1 Å². The highest BCUT2D eigenvalue weighted by Crippen LogP contribution is 2.28. The SMILES string of the molecule is CC(C)(C)OC(=O)C(C)(Cc1ccccc1)OCC1CCC[C@H](O)C1. The van der Waals surface area contributed by atoms with Gasteiger partial charge < -0.3 is 14.6 Å². The summed E-state index contributed by atoms with van der Waals surface area (Å²) in [5.41, 5.74) is -0.546. The van der Waals surface area contributed by atoms with E-state index in [1.807, 2.05) is 58.0 Å². The van der Waals surface area contributed by atoms with Crippen molar-refractivity contribution in [3.8, 4) is 0 Å². The minimum absolute atomic E-state index is 0.246. The molecule has 0 saturated heterocycles. The first-order valence-corrected chi connectivity index (χ1v) is 9.27. The molecule has 1 saturated carbocycles. The quantitative estimate of drug-likeness (QED) is 0.792. The van der Waals surface area contributed by atoms with Crippen molar-refractivity contribution in [2.75, 3.05) is 6.61 Å². The van der Waals surface area contributed by atoms with E-state index in [4.69, 9.17) is 9.47 Å². The van der Waals surface area contributed by atoms with E-state index in [0.717, 1.165) is 31.2 Å². The Kier molecular flexibility index (Phi) is 6.64. The Hall–Kier alpha value is -1.39. The highest BCUT2D eigenvalue weighted by Gasteiger charge is 2.39. The maximum absolute atomic E-state index is 12.8. The molecule has 1 N–H and O–H groups in total. The van der Waals surface area contributed by atoms with Gasteiger partial charge in [0.2, 0.25) is 0 Å². The molecule has 1 aromatic carbocycles. The van der Waals surface area contributed by atoms with E-state index < -0.39 is 11.2 Å². The lowest BCUT2D eigenvalue weighted by Crippen LogP contribution is -2.46. The van der Waals surface area contributed by atoms with E-state index in [2.05, 4.69) is 0 Å². The van der Waals surface area contributed by atoms with E-state index in [-0.39, 0.29) is 12.1 Å². The van der Waals surface area contributed by atoms with Gasteiger partial charge in [-0.15, -0.1) is 0 Å². The van der Waals surface area contributed by atoms with Crippen LogP contribution in [0.3, 0.4) is 0 Å². The number of ether oxygens (including phenoxy) is 2. The monoisotopic (exact) mass is 348 g/mol. The van der Waals surface area contributed by atoms with Crippen molar-refractivity contribution in [3.63, 3.8) is 0 Å². The summed E-state index contributed by atoms with van der Waals surface area (Å²) in [6.07, 6.45) is 3.88. The van der Waals surface area contributed by atoms with Crippen LogP contribution in [0.1, 0.15) is 58.9 Å². The molecule has 0 aliphatic heterocycles. The van der Waals surface area contributed by atoms with Crippen LogP contribution in [-0.2, 0) is 20.7 Å². The molecule has 140 valence electrons. The number of hydrogen-bond donors (Lipinski definition) is 1. The summed E-state index contributed by atoms with van der Waals surface area (Å²) in [5, 5.41) is 9.86. The van der Waals surface area contributed by atoms with E-state index in [9.17, 15) is 9.90 Å². The van der Waals surface area contributed by atoms with Gasteiger partial charge in [0.1, 0.15) is 5.60 Å². The van der Waals surface area contributed by atoms with E-state index in [1.54, 1.807) is 0 Å². The van der Waals surface area contributed by atoms with Crippen molar-refractivity contribution in [3.05, 3.63) is 35.9 Å². The van der Waals surface area contributed by atoms with Crippen molar-refractivity contribution in [1.82, 2.24) is 0 Å². The number of rotatable bonds is 6. The fourth-order valence-corrected chi connectivity index (χ4v) is 3.27. The summed E-state index contributed by atoms with van der Waals surface area (Å²) in [6.45, 7) is 7.88. The Balaban J connectivity index is 2.08. The molecule has 2 unspecified atom stereocenters. The van der Waals surface area contributed by atoms with Crippen molar-refractivity contribution < 1.29 is 19.4 Å². The Morgan fingerprint density at radius 3 is 2.44 bits per heavy atom. The van der Waals surface area contributed by atoms with Crippen LogP contribution in [0, 0.1) is 5.92 Å². The minimum Gasteiger partial charge on any atom is -0.458 e. The normalized spacial score (nSPS) is 23.7. The Bertz CT molecular complexity index is 549. The number of esters is 1. The molecule has 0 spiro atoms. The molecule has 3 atom stereocenters. The number of carbonyl (C=O) groups excluding carboxylic acids is 1. The molecule has 0 aromatic heterocycles. The summed E-state index contributed by atoms with van der Waals surface area (Å²) in [6, 6.07) is 9.87. The van der Waals surface area contributed by atoms with Gasteiger partial charge >= 0.3 is 5.97 Å². The van der Waals surface area contributed by atoms with Gasteiger partial charge in [-0.1, -0.05) is 36.8 Å². The van der Waals surface area contributed by atoms with Crippen LogP contribution in [0.15, 0.2) is 30.3 Å². The summed E-state index contributed by atoms with van der Waals surface area (Å²) in [5.74, 6) is -0.0403. The lowest BCUT2D eigenvalue weighted by molar-refractivity contribution is -0.184. The van der Waals surface area contributed by atoms with Gasteiger partial charge in [-0.3, -0.25) is 0 Å². The number of aliphatic hydroxyl groups excluding tert-OH is 1. The Morgan fingerprint density at radius 2 is 1.84 bits per heavy atom. The van der Waals surface area contributed by atoms with Gasteiger partial charge in [0.25, 0.3) is 0 Å². The number of aliphatic hydroxyl groups is 1. The smallest absolute Gasteiger partial charge is 0.338 e. The third-order valence-corrected chi connectivity index (χ3v) is 4.61. The fourth-order valence-electron chi connectivity index (χ4n) is 3.27. The Morgan fingerprint density at radius 1 is 1.16 bits per heavy atom. The summed E-state index contributed by atoms with van der Waals surface area (Å²) in [7, 11) is 0. The molecule has 0 bridgehead atoms. The van der Waals surface area contributed by atoms with Gasteiger partial charge in [-0.05, 0) is 58.4 Å². The van der Waals surface area contributed by atoms with Crippen molar-refractivity contribution in [2.24, 2.45) is 5.92 Å². The van der Waals surface area contributed by atoms with Crippen LogP contribution in [0.4, 0.5) is 0 Å². The first-order valence-electron chi connectivity index (χ1n) is 9.27. The van der Waals surface area contributed by atoms with Crippen molar-refractivity contribution in [1.29, 1.82) is 0 Å². The molecule has 1 fully saturated rings. The molecule has 0 radical (unpaired) electrons. The average Bonchev–Trinajstić information content (AvgIpc) is 2.52. The number of hydrogen-bond acceptors (Lipinski definition) is 4. The highest BCUT2D eigenvalue weighted by atomic mass is 16.6. The summed E-state index contributed by atoms with van der Waals surface area (Å²) < 4.78 is 11.8. The zero-order valence-corrected chi connectivity index (χ0v) is 16.0. The van der Waals surface area contributed by atoms with Crippen LogP contribution in [0.2, 0.25) is 0 Å². The standard InChI is InChI=1S/C21H32O4/c1-20(2,3)25-19(23)21(4,14-16-9-6-5-7-10-16)24-15-17-11-8-12-18(22)13-17/h5-7,9-10,17-18,22H,8,11-15H2,1-4H3/t17?,18-,21?/m0/s1. The van der Waals surface area contributed by atoms with Crippen molar-refractivity contribution >= 4 is 5.97 Å². The lowest BCUT2D eigenvalue weighted by Gasteiger charge is -2.34. The van der Waals surface area contributed by atoms with E-state index in [1.165, 1.54) is 0 Å². The van der Waals surface area contributed by atoms with Gasteiger partial charge in [-0.2, -0.15) is 0 Å². The third-order valence-electron chi connectivity index (χ3n) is 4.61. The van der Waals surface area contributed by atoms with E-state index >= 15 is 0 Å².